The average molecular weight is 313 g/mol. The van der Waals surface area contributed by atoms with Crippen LogP contribution in [-0.4, -0.2) is 51.0 Å². The highest BCUT2D eigenvalue weighted by Gasteiger charge is 2.38. The van der Waals surface area contributed by atoms with Crippen LogP contribution < -0.4 is 11.1 Å². The third-order valence-electron chi connectivity index (χ3n) is 3.22. The van der Waals surface area contributed by atoms with Crippen LogP contribution in [0, 0.1) is 0 Å². The number of carbonyl (C=O) groups excluding carboxylic acids is 1. The third-order valence-corrected chi connectivity index (χ3v) is 5.14. The Morgan fingerprint density at radius 3 is 2.71 bits per heavy atom. The number of anilines is 1. The molecule has 1 unspecified atom stereocenters. The van der Waals surface area contributed by atoms with E-state index in [1.807, 2.05) is 0 Å². The molecule has 0 spiro atoms. The minimum Gasteiger partial charge on any atom is -0.399 e. The minimum absolute atomic E-state index is 0.0556. The zero-order valence-corrected chi connectivity index (χ0v) is 12.6. The van der Waals surface area contributed by atoms with Gasteiger partial charge in [-0.3, -0.25) is 4.79 Å². The van der Waals surface area contributed by atoms with E-state index in [9.17, 15) is 13.2 Å². The van der Waals surface area contributed by atoms with Gasteiger partial charge in [0.05, 0.1) is 18.1 Å². The first kappa shape index (κ1) is 15.7. The molecule has 1 amide bonds. The van der Waals surface area contributed by atoms with Crippen molar-refractivity contribution in [1.29, 1.82) is 0 Å². The largest absolute Gasteiger partial charge is 0.399 e. The van der Waals surface area contributed by atoms with Crippen LogP contribution in [0.2, 0.25) is 0 Å². The number of nitrogens with two attached hydrogens (primary N) is 1. The summed E-state index contributed by atoms with van der Waals surface area (Å²) in [7, 11) is -3.75. The van der Waals surface area contributed by atoms with Crippen LogP contribution in [-0.2, 0) is 19.6 Å². The molecule has 7 nitrogen and oxygen atoms in total. The van der Waals surface area contributed by atoms with Gasteiger partial charge in [-0.05, 0) is 31.2 Å². The molecule has 3 N–H and O–H groups in total. The lowest BCUT2D eigenvalue weighted by Gasteiger charge is -2.33. The normalized spacial score (nSPS) is 20.1. The summed E-state index contributed by atoms with van der Waals surface area (Å²) in [5.74, 6) is -0.351. The van der Waals surface area contributed by atoms with E-state index in [1.54, 1.807) is 6.92 Å². The van der Waals surface area contributed by atoms with Gasteiger partial charge in [0.1, 0.15) is 6.04 Å². The molecule has 1 aromatic carbocycles. The van der Waals surface area contributed by atoms with Crippen molar-refractivity contribution < 1.29 is 17.9 Å². The fraction of sp³-hybridized carbons (Fsp3) is 0.462. The Morgan fingerprint density at radius 1 is 1.43 bits per heavy atom. The fourth-order valence-corrected chi connectivity index (χ4v) is 3.71. The standard InChI is InChI=1S/C13H19N3O4S/c1-2-15-13(17)12-9-20-8-7-16(12)21(18,19)11-5-3-10(14)4-6-11/h3-6,12H,2,7-9,14H2,1H3,(H,15,17). The maximum Gasteiger partial charge on any atom is 0.243 e. The number of carbonyl (C=O) groups is 1. The molecule has 116 valence electrons. The number of rotatable bonds is 4. The summed E-state index contributed by atoms with van der Waals surface area (Å²) in [5, 5.41) is 2.63. The molecule has 1 saturated heterocycles. The summed E-state index contributed by atoms with van der Waals surface area (Å²) >= 11 is 0. The quantitative estimate of drug-likeness (QED) is 0.749. The number of nitrogen functional groups attached to an aromatic ring is 1. The zero-order valence-electron chi connectivity index (χ0n) is 11.8. The van der Waals surface area contributed by atoms with Crippen LogP contribution in [0.4, 0.5) is 5.69 Å². The molecule has 8 heteroatoms. The number of sulfonamides is 1. The fourth-order valence-electron chi connectivity index (χ4n) is 2.15. The van der Waals surface area contributed by atoms with Gasteiger partial charge in [0.25, 0.3) is 0 Å². The molecule has 0 saturated carbocycles. The Hall–Kier alpha value is -1.64. The Bertz CT molecular complexity index is 600. The van der Waals surface area contributed by atoms with E-state index in [2.05, 4.69) is 5.32 Å². The molecule has 1 atom stereocenters. The van der Waals surface area contributed by atoms with E-state index in [1.165, 1.54) is 28.6 Å². The van der Waals surface area contributed by atoms with Gasteiger partial charge in [-0.2, -0.15) is 4.31 Å². The summed E-state index contributed by atoms with van der Waals surface area (Å²) in [5.41, 5.74) is 6.05. The molecule has 1 aromatic rings. The molecule has 1 heterocycles. The van der Waals surface area contributed by atoms with Gasteiger partial charge in [-0.1, -0.05) is 0 Å². The summed E-state index contributed by atoms with van der Waals surface area (Å²) in [6, 6.07) is 5.08. The third kappa shape index (κ3) is 3.34. The number of morpholine rings is 1. The molecule has 0 bridgehead atoms. The van der Waals surface area contributed by atoms with Gasteiger partial charge in [0, 0.05) is 18.8 Å². The maximum absolute atomic E-state index is 12.7. The van der Waals surface area contributed by atoms with Gasteiger partial charge in [0.2, 0.25) is 15.9 Å². The Morgan fingerprint density at radius 2 is 2.10 bits per heavy atom. The highest BCUT2D eigenvalue weighted by atomic mass is 32.2. The van der Waals surface area contributed by atoms with Crippen molar-refractivity contribution >= 4 is 21.6 Å². The van der Waals surface area contributed by atoms with Crippen molar-refractivity contribution in [2.24, 2.45) is 0 Å². The second-order valence-corrected chi connectivity index (χ2v) is 6.56. The number of nitrogens with one attached hydrogen (secondary N) is 1. The predicted molar refractivity (Wildman–Crippen MR) is 78.0 cm³/mol. The van der Waals surface area contributed by atoms with Crippen LogP contribution in [0.15, 0.2) is 29.2 Å². The number of hydrogen-bond donors (Lipinski definition) is 2. The Balaban J connectivity index is 2.31. The molecule has 0 aromatic heterocycles. The van der Waals surface area contributed by atoms with E-state index in [0.717, 1.165) is 0 Å². The number of ether oxygens (including phenoxy) is 1. The van der Waals surface area contributed by atoms with Crippen molar-refractivity contribution in [3.8, 4) is 0 Å². The molecule has 1 fully saturated rings. The molecular weight excluding hydrogens is 294 g/mol. The highest BCUT2D eigenvalue weighted by Crippen LogP contribution is 2.21. The average Bonchev–Trinajstić information content (AvgIpc) is 2.48. The van der Waals surface area contributed by atoms with E-state index in [4.69, 9.17) is 10.5 Å². The van der Waals surface area contributed by atoms with E-state index in [0.29, 0.717) is 12.2 Å². The van der Waals surface area contributed by atoms with Crippen LogP contribution in [0.1, 0.15) is 6.92 Å². The minimum atomic E-state index is -3.75. The van der Waals surface area contributed by atoms with Crippen molar-refractivity contribution in [3.05, 3.63) is 24.3 Å². The molecular formula is C13H19N3O4S. The van der Waals surface area contributed by atoms with E-state index >= 15 is 0 Å². The second-order valence-electron chi connectivity index (χ2n) is 4.67. The lowest BCUT2D eigenvalue weighted by molar-refractivity contribution is -0.129. The van der Waals surface area contributed by atoms with Crippen molar-refractivity contribution in [1.82, 2.24) is 9.62 Å². The molecule has 0 aliphatic carbocycles. The van der Waals surface area contributed by atoms with Gasteiger partial charge in [0.15, 0.2) is 0 Å². The number of amides is 1. The number of benzene rings is 1. The first-order valence-electron chi connectivity index (χ1n) is 6.69. The molecule has 1 aliphatic rings. The molecule has 0 radical (unpaired) electrons. The van der Waals surface area contributed by atoms with Gasteiger partial charge in [-0.25, -0.2) is 8.42 Å². The maximum atomic E-state index is 12.7. The Kier molecular flexibility index (Phi) is 4.81. The number of hydrogen-bond acceptors (Lipinski definition) is 5. The summed E-state index contributed by atoms with van der Waals surface area (Å²) < 4.78 is 31.8. The lowest BCUT2D eigenvalue weighted by atomic mass is 10.2. The van der Waals surface area contributed by atoms with Gasteiger partial charge < -0.3 is 15.8 Å². The van der Waals surface area contributed by atoms with Crippen LogP contribution in [0.25, 0.3) is 0 Å². The first-order chi connectivity index (χ1) is 9.96. The monoisotopic (exact) mass is 313 g/mol. The van der Waals surface area contributed by atoms with Crippen molar-refractivity contribution in [2.45, 2.75) is 17.9 Å². The SMILES string of the molecule is CCNC(=O)C1COCCN1S(=O)(=O)c1ccc(N)cc1. The molecule has 1 aliphatic heterocycles. The second kappa shape index (κ2) is 6.42. The van der Waals surface area contributed by atoms with E-state index in [-0.39, 0.29) is 30.6 Å². The van der Waals surface area contributed by atoms with Crippen LogP contribution in [0.5, 0.6) is 0 Å². The number of nitrogens with zero attached hydrogens (tertiary/aromatic N) is 1. The molecule has 2 rings (SSSR count). The lowest BCUT2D eigenvalue weighted by Crippen LogP contribution is -2.55. The number of likely N-dealkylation sites (N-methyl/N-ethyl adjacent to an activating group) is 1. The molecule has 21 heavy (non-hydrogen) atoms. The van der Waals surface area contributed by atoms with Crippen LogP contribution >= 0.6 is 0 Å². The van der Waals surface area contributed by atoms with Crippen molar-refractivity contribution in [3.63, 3.8) is 0 Å². The van der Waals surface area contributed by atoms with Gasteiger partial charge in [-0.15, -0.1) is 0 Å². The topological polar surface area (TPSA) is 102 Å². The van der Waals surface area contributed by atoms with E-state index < -0.39 is 16.1 Å². The summed E-state index contributed by atoms with van der Waals surface area (Å²) in [4.78, 5) is 12.1. The zero-order chi connectivity index (χ0) is 15.5. The summed E-state index contributed by atoms with van der Waals surface area (Å²) in [6.07, 6.45) is 0. The van der Waals surface area contributed by atoms with Crippen LogP contribution in [0.3, 0.4) is 0 Å². The highest BCUT2D eigenvalue weighted by molar-refractivity contribution is 7.89. The first-order valence-corrected chi connectivity index (χ1v) is 8.13. The smallest absolute Gasteiger partial charge is 0.243 e. The Labute approximate surface area is 124 Å². The summed E-state index contributed by atoms with van der Waals surface area (Å²) in [6.45, 7) is 2.68. The van der Waals surface area contributed by atoms with Crippen molar-refractivity contribution in [2.75, 3.05) is 32.0 Å². The van der Waals surface area contributed by atoms with Gasteiger partial charge >= 0.3 is 0 Å². The predicted octanol–water partition coefficient (Wildman–Crippen LogP) is -0.206.